The molecule has 4 fully saturated rings. The molecule has 0 heterocycles. The lowest BCUT2D eigenvalue weighted by Gasteiger charge is -2.30. The fourth-order valence-corrected chi connectivity index (χ4v) is 22.9. The third-order valence-corrected chi connectivity index (χ3v) is 28.4. The Morgan fingerprint density at radius 3 is 0.596 bits per heavy atom. The Kier molecular flexibility index (Phi) is 14.8. The maximum absolute atomic E-state index is 2.54. The molecule has 0 saturated heterocycles. The first-order chi connectivity index (χ1) is 53.6. The summed E-state index contributed by atoms with van der Waals surface area (Å²) in [7, 11) is 0. The second-order valence-corrected chi connectivity index (χ2v) is 34.0. The van der Waals surface area contributed by atoms with E-state index in [0.717, 1.165) is 34.1 Å². The fourth-order valence-electron chi connectivity index (χ4n) is 22.9. The lowest BCUT2D eigenvalue weighted by molar-refractivity contribution is 0.550. The van der Waals surface area contributed by atoms with Crippen LogP contribution in [-0.2, 0) is 27.1 Å². The Morgan fingerprint density at radius 1 is 0.193 bits per heavy atom. The number of rotatable bonds is 12. The summed E-state index contributed by atoms with van der Waals surface area (Å²) >= 11 is 0. The Labute approximate surface area is 643 Å². The predicted molar refractivity (Wildman–Crippen MR) is 455 cm³/mol. The van der Waals surface area contributed by atoms with Crippen molar-refractivity contribution in [1.29, 1.82) is 0 Å². The minimum Gasteiger partial charge on any atom is -0.311 e. The summed E-state index contributed by atoms with van der Waals surface area (Å²) in [5.74, 6) is 0. The van der Waals surface area contributed by atoms with Gasteiger partial charge in [0.05, 0.1) is 0 Å². The zero-order valence-electron chi connectivity index (χ0n) is 62.7. The fraction of sp³-hybridized carbons (Fsp3) is 0.215. The van der Waals surface area contributed by atoms with Crippen molar-refractivity contribution in [3.05, 3.63) is 371 Å². The van der Waals surface area contributed by atoms with Gasteiger partial charge in [-0.1, -0.05) is 284 Å². The molecule has 0 aliphatic heterocycles. The van der Waals surface area contributed by atoms with Crippen LogP contribution in [0, 0.1) is 0 Å². The van der Waals surface area contributed by atoms with Crippen LogP contribution >= 0.6 is 0 Å². The zero-order chi connectivity index (χ0) is 72.2. The maximum atomic E-state index is 2.54. The van der Waals surface area contributed by atoms with Crippen LogP contribution in [0.25, 0.3) is 89.0 Å². The maximum Gasteiger partial charge on any atom is 0.0462 e. The van der Waals surface area contributed by atoms with Crippen LogP contribution in [0.3, 0.4) is 0 Å². The highest BCUT2D eigenvalue weighted by atomic mass is 15.1. The van der Waals surface area contributed by atoms with Crippen LogP contribution in [-0.4, -0.2) is 0 Å². The molecule has 2 heteroatoms. The SMILES string of the molecule is CC(C)(c1ccc(N(c2ccc(-c3ccc4c(c3)C3(CCCC3)c3ccccc3-4)cc2)c2ccc(-c3ccc4c(c3)C3(CCCC3)c3ccccc3-4)cc2)cc1)c1ccc(N(c2ccc(-c3ccc4c(c3)C3(CCCC3)c3ccccc3-4)cc2)c2ccc(-c3ccc4c(c3)C3(CCCC3)c3ccccc3-4)cc2)cc1. The molecular weight excluding hydrogens is 1310 g/mol. The summed E-state index contributed by atoms with van der Waals surface area (Å²) in [4.78, 5) is 4.92. The van der Waals surface area contributed by atoms with E-state index in [4.69, 9.17) is 0 Å². The van der Waals surface area contributed by atoms with E-state index >= 15 is 0 Å². The summed E-state index contributed by atoms with van der Waals surface area (Å²) in [6.07, 6.45) is 20.1. The summed E-state index contributed by atoms with van der Waals surface area (Å²) in [5.41, 5.74) is 43.2. The van der Waals surface area contributed by atoms with Crippen molar-refractivity contribution in [1.82, 2.24) is 0 Å². The van der Waals surface area contributed by atoms with E-state index in [9.17, 15) is 0 Å². The Balaban J connectivity index is 0.590. The molecule has 0 atom stereocenters. The molecule has 528 valence electrons. The minimum atomic E-state index is -0.315. The lowest BCUT2D eigenvalue weighted by Crippen LogP contribution is -2.20. The number of fused-ring (bicyclic) bond motifs is 20. The first-order valence-corrected chi connectivity index (χ1v) is 40.9. The van der Waals surface area contributed by atoms with E-state index in [1.165, 1.54) is 247 Å². The molecule has 0 unspecified atom stereocenters. The van der Waals surface area contributed by atoms with Gasteiger partial charge in [-0.25, -0.2) is 0 Å². The summed E-state index contributed by atoms with van der Waals surface area (Å²) < 4.78 is 0. The van der Waals surface area contributed by atoms with E-state index < -0.39 is 0 Å². The molecule has 4 spiro atoms. The molecule has 0 N–H and O–H groups in total. The molecule has 0 amide bonds. The average Bonchev–Trinajstić information content (AvgIpc) is 1.58. The van der Waals surface area contributed by atoms with Gasteiger partial charge in [-0.2, -0.15) is 0 Å². The van der Waals surface area contributed by atoms with E-state index in [1.54, 1.807) is 0 Å². The third kappa shape index (κ3) is 9.85. The van der Waals surface area contributed by atoms with Crippen LogP contribution in [0.5, 0.6) is 0 Å². The largest absolute Gasteiger partial charge is 0.311 e. The van der Waals surface area contributed by atoms with Crippen LogP contribution in [0.2, 0.25) is 0 Å². The number of nitrogens with zero attached hydrogens (tertiary/aromatic N) is 2. The molecule has 0 aromatic heterocycles. The van der Waals surface area contributed by atoms with Crippen molar-refractivity contribution in [2.45, 2.75) is 144 Å². The quantitative estimate of drug-likeness (QED) is 0.120. The topological polar surface area (TPSA) is 6.48 Å². The molecule has 0 radical (unpaired) electrons. The van der Waals surface area contributed by atoms with E-state index in [-0.39, 0.29) is 27.1 Å². The number of hydrogen-bond acceptors (Lipinski definition) is 2. The molecule has 2 nitrogen and oxygen atoms in total. The van der Waals surface area contributed by atoms with Crippen LogP contribution in [0.1, 0.15) is 172 Å². The number of benzene rings is 14. The van der Waals surface area contributed by atoms with Gasteiger partial charge in [0.15, 0.2) is 0 Å². The van der Waals surface area contributed by atoms with Gasteiger partial charge in [0.25, 0.3) is 0 Å². The highest BCUT2D eigenvalue weighted by Gasteiger charge is 2.49. The molecule has 14 aromatic carbocycles. The highest BCUT2D eigenvalue weighted by molar-refractivity contribution is 5.91. The van der Waals surface area contributed by atoms with E-state index in [0.29, 0.717) is 0 Å². The smallest absolute Gasteiger partial charge is 0.0462 e. The normalized spacial score (nSPS) is 17.0. The van der Waals surface area contributed by atoms with E-state index in [2.05, 4.69) is 339 Å². The molecule has 22 rings (SSSR count). The second kappa shape index (κ2) is 24.9. The average molecular weight is 1400 g/mol. The standard InChI is InChI=1S/C107H90N2/c1-103(2,79-39-51-85(52-40-79)108(81-43-27-71(28-44-81)75-35-55-91-87-19-3-7-23-95(87)104(99(91)67-75)59-11-12-60-104)82-45-29-72(30-46-82)76-36-56-92-88-20-4-8-24-96(88)105(100(92)68-76)61-13-14-62-105)80-41-53-86(54-42-80)109(83-47-31-73(32-48-83)77-37-57-93-89-21-5-9-25-97(89)106(101(93)69-77)63-15-16-64-106)84-49-33-74(34-50-84)78-38-58-94-90-22-6-10-26-98(90)107(102(94)70-78)65-17-18-66-107/h3-10,19-58,67-70H,11-18,59-66H2,1-2H3. The van der Waals surface area contributed by atoms with Crippen LogP contribution in [0.4, 0.5) is 34.1 Å². The first kappa shape index (κ1) is 64.8. The van der Waals surface area contributed by atoms with Gasteiger partial charge in [-0.05, 0) is 293 Å². The zero-order valence-corrected chi connectivity index (χ0v) is 62.7. The molecule has 8 aliphatic rings. The molecule has 4 saturated carbocycles. The lowest BCUT2D eigenvalue weighted by atomic mass is 9.76. The van der Waals surface area contributed by atoms with Crippen molar-refractivity contribution in [3.63, 3.8) is 0 Å². The van der Waals surface area contributed by atoms with Gasteiger partial charge in [-0.15, -0.1) is 0 Å². The molecule has 8 aliphatic carbocycles. The third-order valence-electron chi connectivity index (χ3n) is 28.4. The van der Waals surface area contributed by atoms with Gasteiger partial charge < -0.3 is 9.80 Å². The summed E-state index contributed by atoms with van der Waals surface area (Å²) in [6.45, 7) is 4.77. The summed E-state index contributed by atoms with van der Waals surface area (Å²) in [5, 5.41) is 0. The molecular formula is C107H90N2. The van der Waals surface area contributed by atoms with Crippen molar-refractivity contribution in [3.8, 4) is 89.0 Å². The number of anilines is 6. The molecule has 109 heavy (non-hydrogen) atoms. The number of hydrogen-bond donors (Lipinski definition) is 0. The summed E-state index contributed by atoms with van der Waals surface area (Å²) in [6, 6.07) is 123. The monoisotopic (exact) mass is 1400 g/mol. The van der Waals surface area contributed by atoms with Crippen LogP contribution in [0.15, 0.2) is 315 Å². The van der Waals surface area contributed by atoms with Crippen LogP contribution < -0.4 is 9.80 Å². The predicted octanol–water partition coefficient (Wildman–Crippen LogP) is 29.0. The van der Waals surface area contributed by atoms with Gasteiger partial charge >= 0.3 is 0 Å². The van der Waals surface area contributed by atoms with Crippen molar-refractivity contribution in [2.75, 3.05) is 9.80 Å². The Hall–Kier alpha value is -11.3. The van der Waals surface area contributed by atoms with E-state index in [1.807, 2.05) is 0 Å². The Morgan fingerprint density at radius 2 is 0.376 bits per heavy atom. The minimum absolute atomic E-state index is 0.121. The first-order valence-electron chi connectivity index (χ1n) is 40.9. The Bertz CT molecular complexity index is 5240. The molecule has 14 aromatic rings. The van der Waals surface area contributed by atoms with Crippen molar-refractivity contribution in [2.24, 2.45) is 0 Å². The van der Waals surface area contributed by atoms with Gasteiger partial charge in [0.1, 0.15) is 0 Å². The van der Waals surface area contributed by atoms with Gasteiger partial charge in [0.2, 0.25) is 0 Å². The highest BCUT2D eigenvalue weighted by Crippen LogP contribution is 2.62. The second-order valence-electron chi connectivity index (χ2n) is 34.0. The van der Waals surface area contributed by atoms with Crippen molar-refractivity contribution >= 4 is 34.1 Å². The van der Waals surface area contributed by atoms with Gasteiger partial charge in [0, 0.05) is 61.2 Å². The van der Waals surface area contributed by atoms with Crippen molar-refractivity contribution < 1.29 is 0 Å². The van der Waals surface area contributed by atoms with Gasteiger partial charge in [-0.3, -0.25) is 0 Å². The molecule has 0 bridgehead atoms.